The molecule has 1 aromatic heterocycles. The molecule has 43 heavy (non-hydrogen) atoms. The van der Waals surface area contributed by atoms with E-state index in [-0.39, 0.29) is 25.4 Å². The molecule has 0 aliphatic carbocycles. The van der Waals surface area contributed by atoms with Crippen molar-refractivity contribution in [3.8, 4) is 11.1 Å². The van der Waals surface area contributed by atoms with Crippen LogP contribution in [0.25, 0.3) is 11.1 Å². The number of amidine groups is 1. The van der Waals surface area contributed by atoms with Gasteiger partial charge in [0.05, 0.1) is 23.8 Å². The second-order valence-corrected chi connectivity index (χ2v) is 16.8. The quantitative estimate of drug-likeness (QED) is 0.119. The van der Waals surface area contributed by atoms with Gasteiger partial charge in [-0.2, -0.15) is 8.42 Å². The molecule has 226 valence electrons. The van der Waals surface area contributed by atoms with Crippen molar-refractivity contribution in [2.24, 2.45) is 3.77 Å². The second kappa shape index (κ2) is 12.7. The summed E-state index contributed by atoms with van der Waals surface area (Å²) in [5.41, 5.74) is 2.77. The number of nitrogens with one attached hydrogen (secondary N) is 2. The summed E-state index contributed by atoms with van der Waals surface area (Å²) in [5, 5.41) is 10.9. The van der Waals surface area contributed by atoms with Gasteiger partial charge in [0.15, 0.2) is 0 Å². The van der Waals surface area contributed by atoms with Crippen LogP contribution in [0.4, 0.5) is 4.79 Å². The topological polar surface area (TPSA) is 126 Å². The summed E-state index contributed by atoms with van der Waals surface area (Å²) in [4.78, 5) is 12.9. The first-order valence-electron chi connectivity index (χ1n) is 13.2. The predicted molar refractivity (Wildman–Crippen MR) is 174 cm³/mol. The standard InChI is InChI=1S/C31H33N3O5S4/c1-20-14-16-23(17-15-20)43(37,38)34-42(36,24-12-9-11-22(18-24)25-13-8-7-10-21(25)2)27-19-26(41-29(27)40-6)28(32)33-30(35)39-31(3,4)5/h7-19H,1-6H3,(H2,32,33,35). The third-order valence-corrected chi connectivity index (χ3v) is 13.0. The monoisotopic (exact) mass is 655 g/mol. The Morgan fingerprint density at radius 2 is 1.60 bits per heavy atom. The van der Waals surface area contributed by atoms with Crippen LogP contribution in [0, 0.1) is 19.3 Å². The number of ether oxygens (including phenoxy) is 1. The fourth-order valence-corrected chi connectivity index (χ4v) is 10.7. The van der Waals surface area contributed by atoms with Crippen molar-refractivity contribution in [2.45, 2.75) is 59.1 Å². The van der Waals surface area contributed by atoms with Crippen LogP contribution in [0.5, 0.6) is 0 Å². The van der Waals surface area contributed by atoms with Gasteiger partial charge in [0.1, 0.15) is 21.2 Å². The van der Waals surface area contributed by atoms with Crippen LogP contribution in [0.2, 0.25) is 0 Å². The van der Waals surface area contributed by atoms with Gasteiger partial charge in [-0.3, -0.25) is 10.7 Å². The van der Waals surface area contributed by atoms with Crippen LogP contribution in [0.15, 0.2) is 102 Å². The maximum absolute atomic E-state index is 15.2. The summed E-state index contributed by atoms with van der Waals surface area (Å²) in [6, 6.07) is 22.3. The number of carbonyl (C=O) groups excluding carboxylic acids is 1. The van der Waals surface area contributed by atoms with Gasteiger partial charge in [-0.15, -0.1) is 23.1 Å². The van der Waals surface area contributed by atoms with Gasteiger partial charge in [0.2, 0.25) is 0 Å². The van der Waals surface area contributed by atoms with Crippen molar-refractivity contribution < 1.29 is 22.2 Å². The number of hydrogen-bond donors (Lipinski definition) is 2. The molecule has 0 aliphatic rings. The van der Waals surface area contributed by atoms with Crippen molar-refractivity contribution >= 4 is 54.8 Å². The Bertz CT molecular complexity index is 1920. The fraction of sp³-hybridized carbons (Fsp3) is 0.226. The highest BCUT2D eigenvalue weighted by Gasteiger charge is 2.29. The number of nitrogens with zero attached hydrogens (tertiary/aromatic N) is 1. The normalized spacial score (nSPS) is 13.2. The summed E-state index contributed by atoms with van der Waals surface area (Å²) in [5.74, 6) is -0.266. The molecule has 0 fully saturated rings. The average Bonchev–Trinajstić information content (AvgIpc) is 3.38. The number of alkyl carbamates (subject to hydrolysis) is 1. The smallest absolute Gasteiger partial charge is 0.413 e. The zero-order valence-corrected chi connectivity index (χ0v) is 27.9. The molecule has 3 aromatic carbocycles. The van der Waals surface area contributed by atoms with Gasteiger partial charge in [-0.1, -0.05) is 57.9 Å². The molecule has 0 aliphatic heterocycles. The predicted octanol–water partition coefficient (Wildman–Crippen LogP) is 7.88. The van der Waals surface area contributed by atoms with Gasteiger partial charge in [0.25, 0.3) is 10.0 Å². The molecule has 2 N–H and O–H groups in total. The van der Waals surface area contributed by atoms with E-state index in [1.165, 1.54) is 30.0 Å². The third kappa shape index (κ3) is 7.56. The minimum Gasteiger partial charge on any atom is -0.444 e. The molecule has 1 atom stereocenters. The summed E-state index contributed by atoms with van der Waals surface area (Å²) < 4.78 is 52.5. The molecule has 8 nitrogen and oxygen atoms in total. The Morgan fingerprint density at radius 3 is 2.23 bits per heavy atom. The van der Waals surface area contributed by atoms with Crippen LogP contribution in [0.3, 0.4) is 0 Å². The number of rotatable bonds is 7. The first-order chi connectivity index (χ1) is 20.1. The Labute approximate surface area is 261 Å². The number of thioether (sulfide) groups is 1. The number of sulfonamides is 1. The summed E-state index contributed by atoms with van der Waals surface area (Å²) >= 11 is 2.36. The van der Waals surface area contributed by atoms with Crippen LogP contribution >= 0.6 is 23.1 Å². The molecule has 0 bridgehead atoms. The number of aryl methyl sites for hydroxylation is 2. The molecule has 4 aromatic rings. The molecule has 0 radical (unpaired) electrons. The second-order valence-electron chi connectivity index (χ2n) is 10.7. The highest BCUT2D eigenvalue weighted by Crippen LogP contribution is 2.40. The largest absolute Gasteiger partial charge is 0.444 e. The SMILES string of the molecule is CSc1sc(C(=N)NC(=O)OC(C)(C)C)cc1S(=O)(=NS(=O)(=O)c1ccc(C)cc1)c1cccc(-c2ccccc2C)c1. The van der Waals surface area contributed by atoms with Crippen LogP contribution in [-0.4, -0.2) is 36.4 Å². The first-order valence-corrected chi connectivity index (χ1v) is 18.2. The van der Waals surface area contributed by atoms with Crippen molar-refractivity contribution in [1.29, 1.82) is 5.41 Å². The zero-order chi connectivity index (χ0) is 31.6. The van der Waals surface area contributed by atoms with E-state index in [9.17, 15) is 13.2 Å². The summed E-state index contributed by atoms with van der Waals surface area (Å²) in [6.07, 6.45) is 0.957. The van der Waals surface area contributed by atoms with Crippen LogP contribution in [0.1, 0.15) is 36.8 Å². The van der Waals surface area contributed by atoms with E-state index in [1.54, 1.807) is 57.4 Å². The molecular formula is C31H33N3O5S4. The number of benzene rings is 3. The molecule has 0 saturated carbocycles. The van der Waals surface area contributed by atoms with Crippen LogP contribution in [-0.2, 0) is 24.5 Å². The number of thiophene rings is 1. The Balaban J connectivity index is 1.93. The molecule has 4 rings (SSSR count). The van der Waals surface area contributed by atoms with Gasteiger partial charge in [-0.25, -0.2) is 9.00 Å². The van der Waals surface area contributed by atoms with Gasteiger partial charge in [0, 0.05) is 0 Å². The molecule has 1 unspecified atom stereocenters. The Kier molecular flexibility index (Phi) is 9.55. The lowest BCUT2D eigenvalue weighted by molar-refractivity contribution is 0.0563. The van der Waals surface area contributed by atoms with E-state index >= 15 is 4.21 Å². The third-order valence-electron chi connectivity index (χ3n) is 6.15. The molecule has 12 heteroatoms. The lowest BCUT2D eigenvalue weighted by atomic mass is 10.0. The number of hydrogen-bond acceptors (Lipinski definition) is 8. The van der Waals surface area contributed by atoms with Gasteiger partial charge < -0.3 is 4.74 Å². The van der Waals surface area contributed by atoms with E-state index in [0.29, 0.717) is 4.21 Å². The van der Waals surface area contributed by atoms with Crippen molar-refractivity contribution in [2.75, 3.05) is 6.26 Å². The molecule has 1 heterocycles. The van der Waals surface area contributed by atoms with E-state index < -0.39 is 31.4 Å². The zero-order valence-electron chi connectivity index (χ0n) is 24.6. The highest BCUT2D eigenvalue weighted by molar-refractivity contribution is 8.05. The van der Waals surface area contributed by atoms with Gasteiger partial charge >= 0.3 is 6.09 Å². The number of amides is 1. The molecule has 0 spiro atoms. The minimum absolute atomic E-state index is 0.0821. The fourth-order valence-electron chi connectivity index (χ4n) is 4.12. The number of carbonyl (C=O) groups is 1. The maximum Gasteiger partial charge on any atom is 0.413 e. The molecule has 1 amide bonds. The average molecular weight is 656 g/mol. The Morgan fingerprint density at radius 1 is 0.930 bits per heavy atom. The van der Waals surface area contributed by atoms with Crippen molar-refractivity contribution in [1.82, 2.24) is 5.32 Å². The van der Waals surface area contributed by atoms with Crippen molar-refractivity contribution in [3.05, 3.63) is 94.9 Å². The minimum atomic E-state index is -4.39. The lowest BCUT2D eigenvalue weighted by Gasteiger charge is -2.19. The van der Waals surface area contributed by atoms with E-state index in [2.05, 4.69) is 9.08 Å². The van der Waals surface area contributed by atoms with E-state index in [0.717, 1.165) is 33.6 Å². The maximum atomic E-state index is 15.2. The van der Waals surface area contributed by atoms with Crippen LogP contribution < -0.4 is 5.32 Å². The highest BCUT2D eigenvalue weighted by atomic mass is 32.3. The molecule has 0 saturated heterocycles. The van der Waals surface area contributed by atoms with E-state index in [1.807, 2.05) is 44.2 Å². The molecular weight excluding hydrogens is 623 g/mol. The van der Waals surface area contributed by atoms with Gasteiger partial charge in [-0.05, 0) is 87.9 Å². The summed E-state index contributed by atoms with van der Waals surface area (Å²) in [7, 11) is -8.22. The lowest BCUT2D eigenvalue weighted by Crippen LogP contribution is -2.36. The van der Waals surface area contributed by atoms with Crippen molar-refractivity contribution in [3.63, 3.8) is 0 Å². The Hall–Kier alpha value is -3.45. The first kappa shape index (κ1) is 32.5. The summed E-state index contributed by atoms with van der Waals surface area (Å²) in [6.45, 7) is 8.93. The van der Waals surface area contributed by atoms with E-state index in [4.69, 9.17) is 10.1 Å².